The molecule has 7 nitrogen and oxygen atoms in total. The molecule has 2 aromatic heterocycles. The Labute approximate surface area is 159 Å². The standard InChI is InChI=1S/C19H19N3O4S/c1-11-12(2)27-19-20-10-14(17(24)22(11)19)16(23)21-15(18(25)26-3)9-13-7-5-4-6-8-13/h4-8,10,15H,9H2,1-3H3,(H,21,23)/t15-/m0/s1. The summed E-state index contributed by atoms with van der Waals surface area (Å²) in [6, 6.07) is 8.34. The molecule has 0 saturated heterocycles. The van der Waals surface area contributed by atoms with Crippen LogP contribution in [0.3, 0.4) is 0 Å². The molecule has 2 heterocycles. The van der Waals surface area contributed by atoms with Crippen molar-refractivity contribution in [2.75, 3.05) is 7.11 Å². The smallest absolute Gasteiger partial charge is 0.328 e. The number of nitrogens with zero attached hydrogens (tertiary/aromatic N) is 2. The summed E-state index contributed by atoms with van der Waals surface area (Å²) in [6.45, 7) is 3.69. The molecule has 3 aromatic rings. The molecule has 1 atom stereocenters. The van der Waals surface area contributed by atoms with Crippen molar-refractivity contribution < 1.29 is 14.3 Å². The third-order valence-electron chi connectivity index (χ3n) is 4.34. The number of nitrogens with one attached hydrogen (secondary N) is 1. The lowest BCUT2D eigenvalue weighted by atomic mass is 10.1. The molecule has 1 N–H and O–H groups in total. The Hall–Kier alpha value is -3.00. The number of methoxy groups -OCH3 is 1. The van der Waals surface area contributed by atoms with Crippen LogP contribution in [0.25, 0.3) is 4.96 Å². The Bertz CT molecular complexity index is 1060. The molecule has 0 spiro atoms. The van der Waals surface area contributed by atoms with Crippen LogP contribution in [0, 0.1) is 13.8 Å². The molecule has 1 amide bonds. The van der Waals surface area contributed by atoms with Crippen LogP contribution in [0.15, 0.2) is 41.3 Å². The van der Waals surface area contributed by atoms with E-state index in [9.17, 15) is 14.4 Å². The summed E-state index contributed by atoms with van der Waals surface area (Å²) in [7, 11) is 1.26. The lowest BCUT2D eigenvalue weighted by molar-refractivity contribution is -0.142. The first-order chi connectivity index (χ1) is 12.9. The highest BCUT2D eigenvalue weighted by molar-refractivity contribution is 7.17. The van der Waals surface area contributed by atoms with Crippen LogP contribution in [0.2, 0.25) is 0 Å². The molecule has 0 aliphatic rings. The van der Waals surface area contributed by atoms with Crippen molar-refractivity contribution in [2.24, 2.45) is 0 Å². The number of hydrogen-bond donors (Lipinski definition) is 1. The lowest BCUT2D eigenvalue weighted by Crippen LogP contribution is -2.44. The number of hydrogen-bond acceptors (Lipinski definition) is 6. The number of carbonyl (C=O) groups is 2. The van der Waals surface area contributed by atoms with E-state index in [1.807, 2.05) is 37.3 Å². The predicted octanol–water partition coefficient (Wildman–Crippen LogP) is 1.89. The summed E-state index contributed by atoms with van der Waals surface area (Å²) in [4.78, 5) is 43.2. The Morgan fingerprint density at radius 2 is 1.96 bits per heavy atom. The van der Waals surface area contributed by atoms with Crippen molar-refractivity contribution in [2.45, 2.75) is 26.3 Å². The van der Waals surface area contributed by atoms with Crippen LogP contribution in [0.1, 0.15) is 26.5 Å². The van der Waals surface area contributed by atoms with Crippen molar-refractivity contribution in [3.63, 3.8) is 0 Å². The van der Waals surface area contributed by atoms with Crippen LogP contribution in [0.5, 0.6) is 0 Å². The number of amides is 1. The number of thiazole rings is 1. The van der Waals surface area contributed by atoms with Crippen LogP contribution >= 0.6 is 11.3 Å². The average molecular weight is 385 g/mol. The number of fused-ring (bicyclic) bond motifs is 1. The van der Waals surface area contributed by atoms with E-state index in [4.69, 9.17) is 4.74 Å². The minimum Gasteiger partial charge on any atom is -0.467 e. The number of aromatic nitrogens is 2. The molecule has 8 heteroatoms. The van der Waals surface area contributed by atoms with Crippen molar-refractivity contribution in [1.29, 1.82) is 0 Å². The van der Waals surface area contributed by atoms with Gasteiger partial charge in [0, 0.05) is 23.2 Å². The molecular weight excluding hydrogens is 366 g/mol. The van der Waals surface area contributed by atoms with E-state index >= 15 is 0 Å². The van der Waals surface area contributed by atoms with Gasteiger partial charge in [0.2, 0.25) is 0 Å². The number of rotatable bonds is 5. The summed E-state index contributed by atoms with van der Waals surface area (Å²) in [5.74, 6) is -1.24. The fourth-order valence-electron chi connectivity index (χ4n) is 2.75. The number of ether oxygens (including phenoxy) is 1. The summed E-state index contributed by atoms with van der Waals surface area (Å²) in [6.07, 6.45) is 1.51. The Balaban J connectivity index is 1.90. The predicted molar refractivity (Wildman–Crippen MR) is 102 cm³/mol. The normalized spacial score (nSPS) is 12.0. The lowest BCUT2D eigenvalue weighted by Gasteiger charge is -2.16. The second-order valence-corrected chi connectivity index (χ2v) is 7.26. The van der Waals surface area contributed by atoms with Gasteiger partial charge in [-0.1, -0.05) is 30.3 Å². The van der Waals surface area contributed by atoms with Crippen LogP contribution in [-0.2, 0) is 16.0 Å². The highest BCUT2D eigenvalue weighted by atomic mass is 32.1. The van der Waals surface area contributed by atoms with Gasteiger partial charge < -0.3 is 10.1 Å². The Morgan fingerprint density at radius 1 is 1.26 bits per heavy atom. The van der Waals surface area contributed by atoms with Gasteiger partial charge in [0.05, 0.1) is 7.11 Å². The Kier molecular flexibility index (Phi) is 5.36. The van der Waals surface area contributed by atoms with Crippen molar-refractivity contribution in [3.8, 4) is 0 Å². The van der Waals surface area contributed by atoms with E-state index in [-0.39, 0.29) is 12.0 Å². The molecule has 0 bridgehead atoms. The maximum absolute atomic E-state index is 12.7. The first-order valence-electron chi connectivity index (χ1n) is 8.32. The summed E-state index contributed by atoms with van der Waals surface area (Å²) in [5.41, 5.74) is 1.04. The molecule has 0 radical (unpaired) electrons. The molecule has 0 aliphatic heterocycles. The van der Waals surface area contributed by atoms with E-state index in [0.29, 0.717) is 4.96 Å². The molecule has 27 heavy (non-hydrogen) atoms. The van der Waals surface area contributed by atoms with Gasteiger partial charge in [-0.3, -0.25) is 14.0 Å². The largest absolute Gasteiger partial charge is 0.467 e. The first-order valence-corrected chi connectivity index (χ1v) is 9.14. The molecule has 0 saturated carbocycles. The minimum atomic E-state index is -0.907. The maximum Gasteiger partial charge on any atom is 0.328 e. The maximum atomic E-state index is 12.7. The van der Waals surface area contributed by atoms with Crippen molar-refractivity contribution in [1.82, 2.24) is 14.7 Å². The zero-order chi connectivity index (χ0) is 19.6. The van der Waals surface area contributed by atoms with Gasteiger partial charge in [0.25, 0.3) is 11.5 Å². The van der Waals surface area contributed by atoms with E-state index in [1.165, 1.54) is 29.0 Å². The molecule has 0 aliphatic carbocycles. The molecular formula is C19H19N3O4S. The third-order valence-corrected chi connectivity index (χ3v) is 5.41. The zero-order valence-electron chi connectivity index (χ0n) is 15.2. The molecule has 140 valence electrons. The van der Waals surface area contributed by atoms with E-state index in [0.717, 1.165) is 16.1 Å². The molecule has 1 aromatic carbocycles. The third kappa shape index (κ3) is 3.75. The number of benzene rings is 1. The van der Waals surface area contributed by atoms with Crippen LogP contribution in [0.4, 0.5) is 0 Å². The summed E-state index contributed by atoms with van der Waals surface area (Å²) >= 11 is 1.38. The van der Waals surface area contributed by atoms with Gasteiger partial charge >= 0.3 is 5.97 Å². The fourth-order valence-corrected chi connectivity index (χ4v) is 3.68. The molecule has 3 rings (SSSR count). The van der Waals surface area contributed by atoms with E-state index < -0.39 is 23.5 Å². The van der Waals surface area contributed by atoms with Gasteiger partial charge in [0.15, 0.2) is 4.96 Å². The van der Waals surface area contributed by atoms with Crippen LogP contribution in [-0.4, -0.2) is 34.4 Å². The average Bonchev–Trinajstić information content (AvgIpc) is 2.96. The first kappa shape index (κ1) is 18.8. The number of carbonyl (C=O) groups excluding carboxylic acids is 2. The minimum absolute atomic E-state index is 0.115. The van der Waals surface area contributed by atoms with E-state index in [2.05, 4.69) is 10.3 Å². The fraction of sp³-hybridized carbons (Fsp3) is 0.263. The van der Waals surface area contributed by atoms with Gasteiger partial charge in [-0.25, -0.2) is 9.78 Å². The van der Waals surface area contributed by atoms with Crippen LogP contribution < -0.4 is 10.9 Å². The Morgan fingerprint density at radius 3 is 2.63 bits per heavy atom. The van der Waals surface area contributed by atoms with Gasteiger partial charge in [-0.15, -0.1) is 11.3 Å². The molecule has 0 fully saturated rings. The number of esters is 1. The summed E-state index contributed by atoms with van der Waals surface area (Å²) in [5, 5.41) is 2.60. The highest BCUT2D eigenvalue weighted by Crippen LogP contribution is 2.18. The second-order valence-electron chi connectivity index (χ2n) is 6.08. The molecule has 0 unspecified atom stereocenters. The van der Waals surface area contributed by atoms with Crippen molar-refractivity contribution >= 4 is 28.2 Å². The van der Waals surface area contributed by atoms with Gasteiger partial charge in [0.1, 0.15) is 11.6 Å². The van der Waals surface area contributed by atoms with Crippen molar-refractivity contribution in [3.05, 3.63) is 68.6 Å². The SMILES string of the molecule is COC(=O)[C@H](Cc1ccccc1)NC(=O)c1cnc2sc(C)c(C)n2c1=O. The second kappa shape index (κ2) is 7.71. The zero-order valence-corrected chi connectivity index (χ0v) is 16.0. The monoisotopic (exact) mass is 385 g/mol. The quantitative estimate of drug-likeness (QED) is 0.678. The number of aryl methyl sites for hydroxylation is 2. The van der Waals surface area contributed by atoms with Gasteiger partial charge in [-0.2, -0.15) is 0 Å². The topological polar surface area (TPSA) is 89.8 Å². The van der Waals surface area contributed by atoms with E-state index in [1.54, 1.807) is 6.92 Å². The summed E-state index contributed by atoms with van der Waals surface area (Å²) < 4.78 is 6.21. The highest BCUT2D eigenvalue weighted by Gasteiger charge is 2.25. The van der Waals surface area contributed by atoms with Gasteiger partial charge in [-0.05, 0) is 19.4 Å².